The number of aliphatic imine (C=N–C) groups is 1. The smallest absolute Gasteiger partial charge is 0.191 e. The molecule has 1 aromatic heterocycles. The molecule has 2 rings (SSSR count). The van der Waals surface area contributed by atoms with Gasteiger partial charge in [-0.3, -0.25) is 9.89 Å². The highest BCUT2D eigenvalue weighted by Gasteiger charge is 2.19. The maximum Gasteiger partial charge on any atom is 0.191 e. The van der Waals surface area contributed by atoms with Crippen molar-refractivity contribution < 1.29 is 0 Å². The van der Waals surface area contributed by atoms with Crippen molar-refractivity contribution in [2.45, 2.75) is 45.7 Å². The van der Waals surface area contributed by atoms with Crippen LogP contribution in [0.2, 0.25) is 0 Å². The molecule has 0 saturated carbocycles. The van der Waals surface area contributed by atoms with Crippen LogP contribution in [0.25, 0.3) is 0 Å². The molecule has 2 N–H and O–H groups in total. The first-order valence-corrected chi connectivity index (χ1v) is 9.31. The Labute approximate surface area is 139 Å². The van der Waals surface area contributed by atoms with Gasteiger partial charge in [-0.2, -0.15) is 0 Å². The largest absolute Gasteiger partial charge is 0.356 e. The number of guanidine groups is 1. The van der Waals surface area contributed by atoms with Gasteiger partial charge in [-0.15, -0.1) is 11.3 Å². The van der Waals surface area contributed by atoms with E-state index in [9.17, 15) is 0 Å². The first-order valence-electron chi connectivity index (χ1n) is 8.43. The Hall–Kier alpha value is -1.07. The van der Waals surface area contributed by atoms with E-state index in [1.807, 2.05) is 18.4 Å². The van der Waals surface area contributed by atoms with Crippen molar-refractivity contribution in [3.05, 3.63) is 22.4 Å². The van der Waals surface area contributed by atoms with Gasteiger partial charge in [0.1, 0.15) is 0 Å². The highest BCUT2D eigenvalue weighted by molar-refractivity contribution is 7.09. The van der Waals surface area contributed by atoms with Crippen LogP contribution in [0.5, 0.6) is 0 Å². The molecule has 1 saturated heterocycles. The Morgan fingerprint density at radius 1 is 1.45 bits per heavy atom. The molecule has 0 bridgehead atoms. The quantitative estimate of drug-likeness (QED) is 0.625. The minimum absolute atomic E-state index is 0.471. The summed E-state index contributed by atoms with van der Waals surface area (Å²) in [5.41, 5.74) is 0. The van der Waals surface area contributed by atoms with Crippen LogP contribution in [-0.2, 0) is 6.54 Å². The molecule has 1 aliphatic rings. The Morgan fingerprint density at radius 2 is 2.23 bits per heavy atom. The number of nitrogens with zero attached hydrogens (tertiary/aromatic N) is 2. The molecule has 2 heterocycles. The predicted octanol–water partition coefficient (Wildman–Crippen LogP) is 2.92. The van der Waals surface area contributed by atoms with E-state index in [0.717, 1.165) is 31.4 Å². The second kappa shape index (κ2) is 9.16. The van der Waals surface area contributed by atoms with E-state index in [1.165, 1.54) is 30.8 Å². The van der Waals surface area contributed by atoms with Crippen LogP contribution in [-0.4, -0.2) is 43.6 Å². The zero-order chi connectivity index (χ0) is 15.8. The fraction of sp³-hybridized carbons (Fsp3) is 0.706. The van der Waals surface area contributed by atoms with Crippen LogP contribution in [0.1, 0.15) is 38.0 Å². The first kappa shape index (κ1) is 17.3. The van der Waals surface area contributed by atoms with Crippen molar-refractivity contribution in [1.82, 2.24) is 15.5 Å². The van der Waals surface area contributed by atoms with E-state index in [0.29, 0.717) is 6.04 Å². The number of thiophene rings is 1. The van der Waals surface area contributed by atoms with Crippen LogP contribution >= 0.6 is 11.3 Å². The van der Waals surface area contributed by atoms with Gasteiger partial charge in [-0.25, -0.2) is 0 Å². The minimum Gasteiger partial charge on any atom is -0.356 e. The molecule has 1 unspecified atom stereocenters. The summed E-state index contributed by atoms with van der Waals surface area (Å²) in [6.45, 7) is 8.95. The lowest BCUT2D eigenvalue weighted by Crippen LogP contribution is -2.45. The zero-order valence-corrected chi connectivity index (χ0v) is 15.0. The molecule has 0 amide bonds. The van der Waals surface area contributed by atoms with Crippen LogP contribution < -0.4 is 10.6 Å². The third-order valence-electron chi connectivity index (χ3n) is 4.44. The third-order valence-corrected chi connectivity index (χ3v) is 5.31. The van der Waals surface area contributed by atoms with Gasteiger partial charge < -0.3 is 10.6 Å². The van der Waals surface area contributed by atoms with E-state index in [1.54, 1.807) is 0 Å². The molecule has 5 heteroatoms. The summed E-state index contributed by atoms with van der Waals surface area (Å²) in [5.74, 6) is 1.70. The lowest BCUT2D eigenvalue weighted by atomic mass is 9.97. The van der Waals surface area contributed by atoms with Crippen molar-refractivity contribution in [2.24, 2.45) is 10.9 Å². The lowest BCUT2D eigenvalue weighted by Gasteiger charge is -2.32. The predicted molar refractivity (Wildman–Crippen MR) is 96.6 cm³/mol. The molecule has 0 radical (unpaired) electrons. The number of likely N-dealkylation sites (tertiary alicyclic amines) is 1. The van der Waals surface area contributed by atoms with Crippen LogP contribution in [0.15, 0.2) is 22.5 Å². The summed E-state index contributed by atoms with van der Waals surface area (Å²) in [5, 5.41) is 9.08. The topological polar surface area (TPSA) is 39.7 Å². The Bertz CT molecular complexity index is 436. The normalized spacial score (nSPS) is 19.1. The first-order chi connectivity index (χ1) is 10.7. The van der Waals surface area contributed by atoms with Crippen LogP contribution in [0, 0.1) is 5.92 Å². The van der Waals surface area contributed by atoms with Gasteiger partial charge in [0.25, 0.3) is 0 Å². The van der Waals surface area contributed by atoms with Gasteiger partial charge in [-0.1, -0.05) is 13.0 Å². The lowest BCUT2D eigenvalue weighted by molar-refractivity contribution is 0.179. The Balaban J connectivity index is 1.66. The second-order valence-electron chi connectivity index (χ2n) is 6.21. The minimum atomic E-state index is 0.471. The molecule has 0 aromatic carbocycles. The summed E-state index contributed by atoms with van der Waals surface area (Å²) in [4.78, 5) is 8.37. The van der Waals surface area contributed by atoms with Gasteiger partial charge in [0.05, 0.1) is 0 Å². The van der Waals surface area contributed by atoms with Gasteiger partial charge in [0.2, 0.25) is 0 Å². The molecule has 1 aliphatic heterocycles. The molecule has 124 valence electrons. The van der Waals surface area contributed by atoms with Crippen molar-refractivity contribution in [3.63, 3.8) is 0 Å². The Kier molecular flexibility index (Phi) is 7.19. The molecule has 4 nitrogen and oxygen atoms in total. The summed E-state index contributed by atoms with van der Waals surface area (Å²) in [6.07, 6.45) is 3.67. The molecule has 1 atom stereocenters. The molecule has 0 spiro atoms. The van der Waals surface area contributed by atoms with Crippen LogP contribution in [0.4, 0.5) is 0 Å². The number of piperidine rings is 1. The average Bonchev–Trinajstić information content (AvgIpc) is 3.05. The van der Waals surface area contributed by atoms with E-state index in [-0.39, 0.29) is 0 Å². The van der Waals surface area contributed by atoms with Gasteiger partial charge in [0, 0.05) is 31.1 Å². The molecular weight excluding hydrogens is 292 g/mol. The maximum atomic E-state index is 4.31. The van der Waals surface area contributed by atoms with E-state index in [4.69, 9.17) is 0 Å². The van der Waals surface area contributed by atoms with Gasteiger partial charge in [0.15, 0.2) is 5.96 Å². The molecule has 0 aliphatic carbocycles. The molecule has 1 aromatic rings. The summed E-state index contributed by atoms with van der Waals surface area (Å²) >= 11 is 1.86. The fourth-order valence-electron chi connectivity index (χ4n) is 2.74. The fourth-order valence-corrected chi connectivity index (χ4v) is 3.49. The van der Waals surface area contributed by atoms with E-state index >= 15 is 0 Å². The summed E-state index contributed by atoms with van der Waals surface area (Å²) in [7, 11) is 1.85. The van der Waals surface area contributed by atoms with Crippen molar-refractivity contribution in [1.29, 1.82) is 0 Å². The van der Waals surface area contributed by atoms with Crippen molar-refractivity contribution in [2.75, 3.05) is 26.7 Å². The van der Waals surface area contributed by atoms with Gasteiger partial charge in [-0.05, 0) is 56.6 Å². The SMILES string of the molecule is CCC(C)NC(=NC)NCC1CCN(Cc2cccs2)CC1. The number of hydrogen-bond acceptors (Lipinski definition) is 3. The number of rotatable bonds is 6. The second-order valence-corrected chi connectivity index (χ2v) is 7.24. The number of nitrogens with one attached hydrogen (secondary N) is 2. The molecule has 22 heavy (non-hydrogen) atoms. The standard InChI is InChI=1S/C17H30N4S/c1-4-14(2)20-17(18-3)19-12-15-7-9-21(10-8-15)13-16-6-5-11-22-16/h5-6,11,14-15H,4,7-10,12-13H2,1-3H3,(H2,18,19,20). The highest BCUT2D eigenvalue weighted by atomic mass is 32.1. The Morgan fingerprint density at radius 3 is 2.82 bits per heavy atom. The number of hydrogen-bond donors (Lipinski definition) is 2. The van der Waals surface area contributed by atoms with Crippen LogP contribution in [0.3, 0.4) is 0 Å². The van der Waals surface area contributed by atoms with Gasteiger partial charge >= 0.3 is 0 Å². The van der Waals surface area contributed by atoms with E-state index in [2.05, 4.69) is 51.9 Å². The maximum absolute atomic E-state index is 4.31. The molecule has 1 fully saturated rings. The van der Waals surface area contributed by atoms with E-state index < -0.39 is 0 Å². The average molecular weight is 323 g/mol. The van der Waals surface area contributed by atoms with Crippen molar-refractivity contribution in [3.8, 4) is 0 Å². The monoisotopic (exact) mass is 322 g/mol. The third kappa shape index (κ3) is 5.61. The summed E-state index contributed by atoms with van der Waals surface area (Å²) < 4.78 is 0. The van der Waals surface area contributed by atoms with Crippen molar-refractivity contribution >= 4 is 17.3 Å². The zero-order valence-electron chi connectivity index (χ0n) is 14.1. The molecular formula is C17H30N4S. The highest BCUT2D eigenvalue weighted by Crippen LogP contribution is 2.20. The summed E-state index contributed by atoms with van der Waals surface area (Å²) in [6, 6.07) is 4.86.